The SMILES string of the molecule is O=C1C=c2c(c3c4c(c5c6c7n8c5c3n2C/C=C\[C@@H]8O[C@H](C=C6)C7)C=NC=4)C(=O)C1. The molecule has 2 atom stereocenters. The van der Waals surface area contributed by atoms with Crippen molar-refractivity contribution < 1.29 is 14.3 Å². The first kappa shape index (κ1) is 15.3. The molecule has 2 aromatic heterocycles. The van der Waals surface area contributed by atoms with Crippen LogP contribution in [0.2, 0.25) is 0 Å². The van der Waals surface area contributed by atoms with Crippen LogP contribution >= 0.6 is 0 Å². The van der Waals surface area contributed by atoms with Gasteiger partial charge in [-0.1, -0.05) is 18.2 Å². The number of hydrogen-bond donors (Lipinski definition) is 0. The second kappa shape index (κ2) is 4.79. The van der Waals surface area contributed by atoms with Gasteiger partial charge in [0.2, 0.25) is 0 Å². The Morgan fingerprint density at radius 2 is 2.03 bits per heavy atom. The molecule has 2 bridgehead atoms. The Bertz CT molecular complexity index is 1640. The molecule has 0 saturated carbocycles. The predicted octanol–water partition coefficient (Wildman–Crippen LogP) is 1.74. The summed E-state index contributed by atoms with van der Waals surface area (Å²) in [6.07, 6.45) is 14.6. The van der Waals surface area contributed by atoms with Gasteiger partial charge in [0.05, 0.1) is 34.5 Å². The molecule has 5 aliphatic rings. The number of aromatic nitrogens is 2. The summed E-state index contributed by atoms with van der Waals surface area (Å²) in [5.74, 6) is -0.234. The van der Waals surface area contributed by atoms with Crippen LogP contribution in [0.3, 0.4) is 0 Å². The molecule has 6 nitrogen and oxygen atoms in total. The van der Waals surface area contributed by atoms with Gasteiger partial charge in [0.25, 0.3) is 0 Å². The van der Waals surface area contributed by atoms with Crippen LogP contribution < -0.4 is 10.6 Å². The molecule has 6 heteroatoms. The van der Waals surface area contributed by atoms with Gasteiger partial charge in [0, 0.05) is 64.3 Å². The highest BCUT2D eigenvalue weighted by molar-refractivity contribution is 6.28. The summed E-state index contributed by atoms with van der Waals surface area (Å²) >= 11 is 0. The zero-order valence-electron chi connectivity index (χ0n) is 15.9. The largest absolute Gasteiger partial charge is 0.347 e. The van der Waals surface area contributed by atoms with Crippen LogP contribution in [0.15, 0.2) is 23.2 Å². The van der Waals surface area contributed by atoms with Gasteiger partial charge in [0.1, 0.15) is 0 Å². The number of ketones is 2. The van der Waals surface area contributed by atoms with Crippen molar-refractivity contribution in [2.45, 2.75) is 31.7 Å². The van der Waals surface area contributed by atoms with Gasteiger partial charge in [-0.05, 0) is 6.08 Å². The lowest BCUT2D eigenvalue weighted by Gasteiger charge is -2.33. The molecule has 144 valence electrons. The standard InChI is InChI=1S/C24H15N3O3/c28-11-6-17-22(18(29)7-11)21-15-10-25-9-14(15)20-13-4-3-12-8-16(13)27-19(30-12)2-1-5-26(17)23(21)24(20)27/h1-4,6,9-10,12,19H,5,7-8H2/b2-1-/t12-,19+/m1/s1. The summed E-state index contributed by atoms with van der Waals surface area (Å²) in [4.78, 5) is 29.8. The van der Waals surface area contributed by atoms with E-state index in [0.29, 0.717) is 12.1 Å². The summed E-state index contributed by atoms with van der Waals surface area (Å²) < 4.78 is 10.8. The number of nitrogens with zero attached hydrogens (tertiary/aromatic N) is 3. The third kappa shape index (κ3) is 1.55. The van der Waals surface area contributed by atoms with Gasteiger partial charge in [-0.15, -0.1) is 0 Å². The second-order valence-corrected chi connectivity index (χ2v) is 8.55. The van der Waals surface area contributed by atoms with E-state index in [1.807, 2.05) is 12.4 Å². The molecule has 5 heterocycles. The number of fused-ring (bicyclic) bond motifs is 8. The quantitative estimate of drug-likeness (QED) is 0.432. The molecule has 0 spiro atoms. The number of carbonyl (C=O) groups is 2. The number of rotatable bonds is 0. The van der Waals surface area contributed by atoms with E-state index in [1.165, 1.54) is 16.6 Å². The van der Waals surface area contributed by atoms with Crippen molar-refractivity contribution >= 4 is 57.9 Å². The maximum Gasteiger partial charge on any atom is 0.173 e. The van der Waals surface area contributed by atoms with Gasteiger partial charge < -0.3 is 13.9 Å². The highest BCUT2D eigenvalue weighted by atomic mass is 16.5. The third-order valence-electron chi connectivity index (χ3n) is 7.05. The number of Topliss-reactive ketones (excluding diaryl/α,β-unsaturated/α-hetero) is 2. The van der Waals surface area contributed by atoms with Crippen LogP contribution in [0.4, 0.5) is 0 Å². The first-order valence-corrected chi connectivity index (χ1v) is 10.3. The van der Waals surface area contributed by atoms with Gasteiger partial charge in [-0.2, -0.15) is 0 Å². The van der Waals surface area contributed by atoms with Crippen molar-refractivity contribution in [3.05, 3.63) is 51.2 Å². The van der Waals surface area contributed by atoms with E-state index in [-0.39, 0.29) is 30.3 Å². The average molecular weight is 393 g/mol. The number of benzene rings is 1. The molecule has 1 aromatic carbocycles. The number of hydrogen-bond acceptors (Lipinski definition) is 4. The zero-order valence-corrected chi connectivity index (χ0v) is 15.9. The molecule has 8 rings (SSSR count). The predicted molar refractivity (Wildman–Crippen MR) is 113 cm³/mol. The maximum absolute atomic E-state index is 13.1. The van der Waals surface area contributed by atoms with Crippen LogP contribution in [0.5, 0.6) is 0 Å². The van der Waals surface area contributed by atoms with Crippen LogP contribution in [-0.2, 0) is 22.5 Å². The van der Waals surface area contributed by atoms with Crippen LogP contribution in [0, 0.1) is 0 Å². The third-order valence-corrected chi connectivity index (χ3v) is 7.05. The Hall–Kier alpha value is -3.51. The molecule has 30 heavy (non-hydrogen) atoms. The minimum absolute atomic E-state index is 0.0662. The summed E-state index contributed by atoms with van der Waals surface area (Å²) in [6.45, 7) is 0.589. The van der Waals surface area contributed by atoms with Crippen molar-refractivity contribution in [1.29, 1.82) is 0 Å². The minimum Gasteiger partial charge on any atom is -0.347 e. The van der Waals surface area contributed by atoms with Crippen molar-refractivity contribution in [3.8, 4) is 0 Å². The summed E-state index contributed by atoms with van der Waals surface area (Å²) in [5, 5.41) is 3.80. The molecule has 0 fully saturated rings. The molecule has 0 N–H and O–H groups in total. The van der Waals surface area contributed by atoms with Crippen LogP contribution in [0.25, 0.3) is 40.2 Å². The lowest BCUT2D eigenvalue weighted by atomic mass is 9.93. The molecule has 0 amide bonds. The number of aliphatic imine (C=N–C) groups is 1. The maximum atomic E-state index is 13.1. The highest BCUT2D eigenvalue weighted by Crippen LogP contribution is 2.43. The first-order chi connectivity index (χ1) is 14.7. The smallest absolute Gasteiger partial charge is 0.173 e. The normalized spacial score (nSPS) is 25.5. The summed E-state index contributed by atoms with van der Waals surface area (Å²) in [6, 6.07) is 0. The van der Waals surface area contributed by atoms with Crippen LogP contribution in [0.1, 0.15) is 39.8 Å². The molecule has 0 radical (unpaired) electrons. The summed E-state index contributed by atoms with van der Waals surface area (Å²) in [5.41, 5.74) is 6.31. The lowest BCUT2D eigenvalue weighted by molar-refractivity contribution is -0.112. The van der Waals surface area contributed by atoms with E-state index in [1.54, 1.807) is 6.08 Å². The number of carbonyl (C=O) groups excluding carboxylic acids is 2. The molecular weight excluding hydrogens is 378 g/mol. The highest BCUT2D eigenvalue weighted by Gasteiger charge is 2.37. The van der Waals surface area contributed by atoms with E-state index in [9.17, 15) is 9.59 Å². The average Bonchev–Trinajstić information content (AvgIpc) is 3.38. The molecule has 0 saturated heterocycles. The molecule has 3 aliphatic heterocycles. The van der Waals surface area contributed by atoms with E-state index >= 15 is 0 Å². The monoisotopic (exact) mass is 393 g/mol. The van der Waals surface area contributed by atoms with Gasteiger partial charge in [-0.3, -0.25) is 14.6 Å². The van der Waals surface area contributed by atoms with Crippen molar-refractivity contribution in [2.75, 3.05) is 0 Å². The Labute approximate surface area is 169 Å². The fourth-order valence-corrected chi connectivity index (χ4v) is 5.98. The Kier molecular flexibility index (Phi) is 2.45. The molecular formula is C24H15N3O3. The molecule has 0 unspecified atom stereocenters. The Balaban J connectivity index is 1.76. The second-order valence-electron chi connectivity index (χ2n) is 8.55. The topological polar surface area (TPSA) is 65.6 Å². The zero-order chi connectivity index (χ0) is 19.7. The Morgan fingerprint density at radius 1 is 1.10 bits per heavy atom. The van der Waals surface area contributed by atoms with Gasteiger partial charge >= 0.3 is 0 Å². The number of ether oxygens (including phenoxy) is 1. The van der Waals surface area contributed by atoms with Crippen LogP contribution in [-0.4, -0.2) is 33.0 Å². The van der Waals surface area contributed by atoms with E-state index < -0.39 is 0 Å². The van der Waals surface area contributed by atoms with E-state index in [2.05, 4.69) is 38.4 Å². The molecule has 3 aromatic rings. The lowest BCUT2D eigenvalue weighted by Crippen LogP contribution is -2.31. The van der Waals surface area contributed by atoms with E-state index in [4.69, 9.17) is 4.74 Å². The van der Waals surface area contributed by atoms with Crippen molar-refractivity contribution in [3.63, 3.8) is 0 Å². The fourth-order valence-electron chi connectivity index (χ4n) is 5.98. The Morgan fingerprint density at radius 3 is 2.97 bits per heavy atom. The van der Waals surface area contributed by atoms with E-state index in [0.717, 1.165) is 39.0 Å². The van der Waals surface area contributed by atoms with Gasteiger partial charge in [-0.25, -0.2) is 0 Å². The summed E-state index contributed by atoms with van der Waals surface area (Å²) in [7, 11) is 0. The van der Waals surface area contributed by atoms with Crippen molar-refractivity contribution in [1.82, 2.24) is 9.13 Å². The minimum atomic E-state index is -0.175. The first-order valence-electron chi connectivity index (χ1n) is 10.3. The molecule has 2 aliphatic carbocycles. The van der Waals surface area contributed by atoms with Gasteiger partial charge in [0.15, 0.2) is 17.8 Å². The van der Waals surface area contributed by atoms with Crippen molar-refractivity contribution in [2.24, 2.45) is 4.99 Å². The fraction of sp³-hybridized carbons (Fsp3) is 0.208. The number of allylic oxidation sites excluding steroid dienone is 1.